The van der Waals surface area contributed by atoms with Gasteiger partial charge in [-0.05, 0) is 25.9 Å². The van der Waals surface area contributed by atoms with Gasteiger partial charge in [0.15, 0.2) is 0 Å². The van der Waals surface area contributed by atoms with E-state index < -0.39 is 0 Å². The highest BCUT2D eigenvalue weighted by Gasteiger charge is 2.23. The van der Waals surface area contributed by atoms with Crippen molar-refractivity contribution in [2.45, 2.75) is 19.4 Å². The molecular weight excluding hydrogens is 204 g/mol. The van der Waals surface area contributed by atoms with Crippen molar-refractivity contribution in [2.75, 3.05) is 20.1 Å². The molecule has 5 heteroatoms. The number of H-pyrrole nitrogens is 1. The van der Waals surface area contributed by atoms with Crippen LogP contribution in [0.4, 0.5) is 0 Å². The summed E-state index contributed by atoms with van der Waals surface area (Å²) in [6, 6.07) is 0. The zero-order valence-electron chi connectivity index (χ0n) is 9.57. The molecule has 0 saturated carbocycles. The van der Waals surface area contributed by atoms with Crippen molar-refractivity contribution in [3.63, 3.8) is 0 Å². The molecule has 0 aliphatic carbocycles. The van der Waals surface area contributed by atoms with Gasteiger partial charge in [0.2, 0.25) is 5.91 Å². The van der Waals surface area contributed by atoms with Crippen LogP contribution in [0.3, 0.4) is 0 Å². The molecule has 0 aromatic carbocycles. The third kappa shape index (κ3) is 2.61. The monoisotopic (exact) mass is 222 g/mol. The smallest absolute Gasteiger partial charge is 0.225 e. The first-order chi connectivity index (χ1) is 7.77. The Balaban J connectivity index is 1.88. The predicted molar refractivity (Wildman–Crippen MR) is 60.7 cm³/mol. The number of carbonyl (C=O) groups is 1. The number of amides is 1. The van der Waals surface area contributed by atoms with E-state index in [-0.39, 0.29) is 11.8 Å². The quantitative estimate of drug-likeness (QED) is 0.776. The molecule has 1 aromatic rings. The van der Waals surface area contributed by atoms with Gasteiger partial charge in [-0.15, -0.1) is 0 Å². The van der Waals surface area contributed by atoms with E-state index in [0.717, 1.165) is 31.5 Å². The summed E-state index contributed by atoms with van der Waals surface area (Å²) in [5.74, 6) is 0.445. The number of carbonyl (C=O) groups excluding carboxylic acids is 1. The van der Waals surface area contributed by atoms with Gasteiger partial charge in [0, 0.05) is 31.3 Å². The van der Waals surface area contributed by atoms with Crippen LogP contribution in [0.5, 0.6) is 0 Å². The zero-order chi connectivity index (χ0) is 11.4. The second-order valence-corrected chi connectivity index (χ2v) is 4.33. The first-order valence-corrected chi connectivity index (χ1v) is 5.70. The molecular formula is C11H18N4O. The summed E-state index contributed by atoms with van der Waals surface area (Å²) < 4.78 is 0. The molecule has 2 rings (SSSR count). The summed E-state index contributed by atoms with van der Waals surface area (Å²) in [6.07, 6.45) is 5.49. The van der Waals surface area contributed by atoms with Gasteiger partial charge in [0.05, 0.1) is 6.20 Å². The average molecular weight is 222 g/mol. The molecule has 0 atom stereocenters. The summed E-state index contributed by atoms with van der Waals surface area (Å²) in [6.45, 7) is 2.55. The Kier molecular flexibility index (Phi) is 3.56. The molecule has 1 amide bonds. The van der Waals surface area contributed by atoms with Crippen LogP contribution in [0.1, 0.15) is 18.4 Å². The Morgan fingerprint density at radius 1 is 1.56 bits per heavy atom. The van der Waals surface area contributed by atoms with Gasteiger partial charge in [-0.1, -0.05) is 0 Å². The van der Waals surface area contributed by atoms with Gasteiger partial charge in [-0.3, -0.25) is 9.89 Å². The summed E-state index contributed by atoms with van der Waals surface area (Å²) in [4.78, 5) is 13.9. The highest BCUT2D eigenvalue weighted by Crippen LogP contribution is 2.15. The van der Waals surface area contributed by atoms with Crippen molar-refractivity contribution in [3.05, 3.63) is 18.0 Å². The average Bonchev–Trinajstić information content (AvgIpc) is 2.82. The number of piperidine rings is 1. The fraction of sp³-hybridized carbons (Fsp3) is 0.636. The van der Waals surface area contributed by atoms with Gasteiger partial charge >= 0.3 is 0 Å². The molecule has 1 aromatic heterocycles. The Hall–Kier alpha value is -1.36. The molecule has 0 bridgehead atoms. The molecule has 1 aliphatic rings. The van der Waals surface area contributed by atoms with Crippen molar-refractivity contribution < 1.29 is 4.79 Å². The minimum absolute atomic E-state index is 0.193. The Bertz CT molecular complexity index is 330. The molecule has 88 valence electrons. The van der Waals surface area contributed by atoms with Crippen molar-refractivity contribution >= 4 is 5.91 Å². The third-order valence-corrected chi connectivity index (χ3v) is 3.04. The lowest BCUT2D eigenvalue weighted by Crippen LogP contribution is -2.38. The van der Waals surface area contributed by atoms with E-state index in [2.05, 4.69) is 15.5 Å². The molecule has 0 spiro atoms. The summed E-state index contributed by atoms with van der Waals surface area (Å²) >= 11 is 0. The standard InChI is InChI=1S/C11H18N4O/c1-15(8-9-6-13-14-7-9)11(16)10-2-4-12-5-3-10/h6-7,10,12H,2-5,8H2,1H3,(H,13,14). The minimum Gasteiger partial charge on any atom is -0.341 e. The van der Waals surface area contributed by atoms with Gasteiger partial charge in [0.25, 0.3) is 0 Å². The van der Waals surface area contributed by atoms with Crippen LogP contribution in [-0.4, -0.2) is 41.1 Å². The van der Waals surface area contributed by atoms with Crippen LogP contribution in [0.15, 0.2) is 12.4 Å². The van der Waals surface area contributed by atoms with E-state index >= 15 is 0 Å². The second-order valence-electron chi connectivity index (χ2n) is 4.33. The van der Waals surface area contributed by atoms with Crippen molar-refractivity contribution in [2.24, 2.45) is 5.92 Å². The lowest BCUT2D eigenvalue weighted by molar-refractivity contribution is -0.135. The Morgan fingerprint density at radius 2 is 2.31 bits per heavy atom. The lowest BCUT2D eigenvalue weighted by atomic mass is 9.96. The maximum atomic E-state index is 12.1. The molecule has 5 nitrogen and oxygen atoms in total. The Labute approximate surface area is 95.2 Å². The van der Waals surface area contributed by atoms with Crippen LogP contribution in [0.25, 0.3) is 0 Å². The van der Waals surface area contributed by atoms with E-state index in [1.54, 1.807) is 11.1 Å². The van der Waals surface area contributed by atoms with Gasteiger partial charge in [0.1, 0.15) is 0 Å². The molecule has 1 aliphatic heterocycles. The van der Waals surface area contributed by atoms with Crippen LogP contribution < -0.4 is 5.32 Å². The number of aromatic nitrogens is 2. The van der Waals surface area contributed by atoms with Crippen molar-refractivity contribution in [1.82, 2.24) is 20.4 Å². The number of aromatic amines is 1. The van der Waals surface area contributed by atoms with Crippen LogP contribution in [0.2, 0.25) is 0 Å². The highest BCUT2D eigenvalue weighted by molar-refractivity contribution is 5.78. The minimum atomic E-state index is 0.193. The van der Waals surface area contributed by atoms with E-state index in [9.17, 15) is 4.79 Å². The van der Waals surface area contributed by atoms with Gasteiger partial charge in [-0.2, -0.15) is 5.10 Å². The first-order valence-electron chi connectivity index (χ1n) is 5.70. The zero-order valence-corrected chi connectivity index (χ0v) is 9.57. The molecule has 1 saturated heterocycles. The fourth-order valence-corrected chi connectivity index (χ4v) is 2.10. The maximum Gasteiger partial charge on any atom is 0.225 e. The first kappa shape index (κ1) is 11.1. The molecule has 16 heavy (non-hydrogen) atoms. The number of nitrogens with zero attached hydrogens (tertiary/aromatic N) is 2. The Morgan fingerprint density at radius 3 is 2.94 bits per heavy atom. The van der Waals surface area contributed by atoms with Gasteiger partial charge in [-0.25, -0.2) is 0 Å². The van der Waals surface area contributed by atoms with Crippen LogP contribution in [-0.2, 0) is 11.3 Å². The molecule has 2 heterocycles. The normalized spacial score (nSPS) is 17.3. The van der Waals surface area contributed by atoms with E-state index in [4.69, 9.17) is 0 Å². The summed E-state index contributed by atoms with van der Waals surface area (Å²) in [5.41, 5.74) is 1.05. The number of hydrogen-bond donors (Lipinski definition) is 2. The summed E-state index contributed by atoms with van der Waals surface area (Å²) in [7, 11) is 1.86. The van der Waals surface area contributed by atoms with Crippen molar-refractivity contribution in [3.8, 4) is 0 Å². The van der Waals surface area contributed by atoms with Gasteiger partial charge < -0.3 is 10.2 Å². The SMILES string of the molecule is CN(Cc1cn[nH]c1)C(=O)C1CCNCC1. The topological polar surface area (TPSA) is 61.0 Å². The molecule has 0 unspecified atom stereocenters. The van der Waals surface area contributed by atoms with Crippen molar-refractivity contribution in [1.29, 1.82) is 0 Å². The van der Waals surface area contributed by atoms with Crippen LogP contribution >= 0.6 is 0 Å². The third-order valence-electron chi connectivity index (χ3n) is 3.04. The second kappa shape index (κ2) is 5.12. The maximum absolute atomic E-state index is 12.1. The predicted octanol–water partition coefficient (Wildman–Crippen LogP) is 0.368. The summed E-state index contributed by atoms with van der Waals surface area (Å²) in [5, 5.41) is 9.90. The largest absolute Gasteiger partial charge is 0.341 e. The highest BCUT2D eigenvalue weighted by atomic mass is 16.2. The van der Waals surface area contributed by atoms with E-state index in [1.165, 1.54) is 0 Å². The number of nitrogens with one attached hydrogen (secondary N) is 2. The molecule has 2 N–H and O–H groups in total. The van der Waals surface area contributed by atoms with Crippen LogP contribution in [0, 0.1) is 5.92 Å². The lowest BCUT2D eigenvalue weighted by Gasteiger charge is -2.26. The fourth-order valence-electron chi connectivity index (χ4n) is 2.10. The molecule has 1 fully saturated rings. The number of rotatable bonds is 3. The van der Waals surface area contributed by atoms with E-state index in [0.29, 0.717) is 6.54 Å². The van der Waals surface area contributed by atoms with E-state index in [1.807, 2.05) is 13.2 Å². The number of hydrogen-bond acceptors (Lipinski definition) is 3. The molecule has 0 radical (unpaired) electrons.